The second kappa shape index (κ2) is 6.21. The van der Waals surface area contributed by atoms with Gasteiger partial charge in [0.1, 0.15) is 12.1 Å². The van der Waals surface area contributed by atoms with Crippen molar-refractivity contribution in [1.82, 2.24) is 10.2 Å². The summed E-state index contributed by atoms with van der Waals surface area (Å²) in [5.41, 5.74) is 4.36. The molecule has 0 radical (unpaired) electrons. The lowest BCUT2D eigenvalue weighted by atomic mass is 9.94. The van der Waals surface area contributed by atoms with Gasteiger partial charge in [0, 0.05) is 12.0 Å². The quantitative estimate of drug-likeness (QED) is 0.614. The maximum absolute atomic E-state index is 12.3. The van der Waals surface area contributed by atoms with Crippen molar-refractivity contribution < 1.29 is 19.5 Å². The van der Waals surface area contributed by atoms with Gasteiger partial charge in [-0.05, 0) is 12.8 Å². The minimum absolute atomic E-state index is 0.0781. The van der Waals surface area contributed by atoms with Crippen LogP contribution in [-0.4, -0.2) is 53.0 Å². The first-order valence-electron chi connectivity index (χ1n) is 6.70. The maximum Gasteiger partial charge on any atom is 0.248 e. The van der Waals surface area contributed by atoms with Crippen LogP contribution in [0.4, 0.5) is 0 Å². The lowest BCUT2D eigenvalue weighted by Crippen LogP contribution is -2.51. The molecule has 2 unspecified atom stereocenters. The van der Waals surface area contributed by atoms with Crippen LogP contribution in [0.5, 0.6) is 0 Å². The predicted octanol–water partition coefficient (Wildman–Crippen LogP) is -1.01. The molecule has 1 rings (SSSR count). The normalized spacial score (nSPS) is 20.6. The first-order valence-corrected chi connectivity index (χ1v) is 6.70. The number of carbonyl (C=O) groups is 3. The number of rotatable bonds is 4. The van der Waals surface area contributed by atoms with Crippen LogP contribution >= 0.6 is 0 Å². The van der Waals surface area contributed by atoms with Crippen molar-refractivity contribution in [2.24, 2.45) is 11.1 Å². The summed E-state index contributed by atoms with van der Waals surface area (Å²) in [5, 5.41) is 11.7. The molecule has 0 spiro atoms. The molecule has 0 bridgehead atoms. The van der Waals surface area contributed by atoms with Gasteiger partial charge in [0.2, 0.25) is 17.7 Å². The van der Waals surface area contributed by atoms with E-state index in [1.54, 1.807) is 25.7 Å². The van der Waals surface area contributed by atoms with Crippen LogP contribution in [0.2, 0.25) is 0 Å². The average Bonchev–Trinajstić information content (AvgIpc) is 2.81. The molecule has 7 nitrogen and oxygen atoms in total. The smallest absolute Gasteiger partial charge is 0.248 e. The third-order valence-electron chi connectivity index (χ3n) is 3.26. The van der Waals surface area contributed by atoms with E-state index in [-0.39, 0.29) is 18.4 Å². The van der Waals surface area contributed by atoms with E-state index in [1.165, 1.54) is 0 Å². The fourth-order valence-corrected chi connectivity index (χ4v) is 2.13. The van der Waals surface area contributed by atoms with Gasteiger partial charge < -0.3 is 21.1 Å². The van der Waals surface area contributed by atoms with Gasteiger partial charge >= 0.3 is 0 Å². The van der Waals surface area contributed by atoms with Gasteiger partial charge in [-0.2, -0.15) is 0 Å². The van der Waals surface area contributed by atoms with E-state index in [4.69, 9.17) is 5.73 Å². The van der Waals surface area contributed by atoms with E-state index in [2.05, 4.69) is 5.32 Å². The van der Waals surface area contributed by atoms with Crippen LogP contribution in [0.15, 0.2) is 0 Å². The third-order valence-corrected chi connectivity index (χ3v) is 3.26. The molecule has 0 aliphatic carbocycles. The zero-order chi connectivity index (χ0) is 15.5. The Bertz CT molecular complexity index is 403. The number of carbonyl (C=O) groups excluding carboxylic acids is 3. The highest BCUT2D eigenvalue weighted by Gasteiger charge is 2.38. The van der Waals surface area contributed by atoms with Crippen LogP contribution in [0.3, 0.4) is 0 Å². The number of primary amides is 1. The highest BCUT2D eigenvalue weighted by atomic mass is 16.3. The molecule has 1 saturated heterocycles. The Morgan fingerprint density at radius 1 is 1.40 bits per heavy atom. The number of nitrogens with one attached hydrogen (secondary N) is 1. The summed E-state index contributed by atoms with van der Waals surface area (Å²) in [7, 11) is 0. The summed E-state index contributed by atoms with van der Waals surface area (Å²) >= 11 is 0. The summed E-state index contributed by atoms with van der Waals surface area (Å²) < 4.78 is 0. The van der Waals surface area contributed by atoms with Crippen LogP contribution in [0.25, 0.3) is 0 Å². The number of nitrogens with two attached hydrogens (primary N) is 1. The van der Waals surface area contributed by atoms with E-state index >= 15 is 0 Å². The minimum atomic E-state index is -1.41. The van der Waals surface area contributed by atoms with E-state index < -0.39 is 23.5 Å². The summed E-state index contributed by atoms with van der Waals surface area (Å²) in [6, 6.07) is -0.540. The van der Waals surface area contributed by atoms with Crippen molar-refractivity contribution in [3.8, 4) is 0 Å². The summed E-state index contributed by atoms with van der Waals surface area (Å²) in [5.74, 6) is -1.33. The SMILES string of the molecule is CC(C)(C)C(=O)N1CCCC1C(=O)NCC(O)C(N)=O. The Hall–Kier alpha value is -1.63. The van der Waals surface area contributed by atoms with Gasteiger partial charge in [0.15, 0.2) is 0 Å². The average molecular weight is 285 g/mol. The number of aliphatic hydroxyl groups excluding tert-OH is 1. The van der Waals surface area contributed by atoms with Gasteiger partial charge in [-0.25, -0.2) is 0 Å². The van der Waals surface area contributed by atoms with E-state index in [1.807, 2.05) is 0 Å². The molecule has 1 aliphatic rings. The standard InChI is InChI=1S/C13H23N3O4/c1-13(2,3)12(20)16-6-4-5-8(16)11(19)15-7-9(17)10(14)18/h8-9,17H,4-7H2,1-3H3,(H2,14,18)(H,15,19). The second-order valence-electron chi connectivity index (χ2n) is 6.07. The zero-order valence-corrected chi connectivity index (χ0v) is 12.2. The number of amides is 3. The molecule has 3 amide bonds. The highest BCUT2D eigenvalue weighted by molar-refractivity contribution is 5.90. The Balaban J connectivity index is 2.63. The summed E-state index contributed by atoms with van der Waals surface area (Å²) in [6.07, 6.45) is -0.0642. The number of hydrogen-bond acceptors (Lipinski definition) is 4. The van der Waals surface area contributed by atoms with Crippen molar-refractivity contribution >= 4 is 17.7 Å². The van der Waals surface area contributed by atoms with Crippen LogP contribution in [0, 0.1) is 5.41 Å². The van der Waals surface area contributed by atoms with E-state index in [0.29, 0.717) is 13.0 Å². The molecule has 0 aromatic heterocycles. The molecule has 0 aromatic carbocycles. The maximum atomic E-state index is 12.3. The lowest BCUT2D eigenvalue weighted by molar-refractivity contribution is -0.145. The molecule has 2 atom stereocenters. The monoisotopic (exact) mass is 285 g/mol. The van der Waals surface area contributed by atoms with Gasteiger partial charge in [0.05, 0.1) is 6.54 Å². The molecule has 1 heterocycles. The Morgan fingerprint density at radius 2 is 2.00 bits per heavy atom. The second-order valence-corrected chi connectivity index (χ2v) is 6.07. The van der Waals surface area contributed by atoms with Gasteiger partial charge in [-0.3, -0.25) is 14.4 Å². The number of hydrogen-bond donors (Lipinski definition) is 3. The molecule has 1 fully saturated rings. The summed E-state index contributed by atoms with van der Waals surface area (Å²) in [4.78, 5) is 36.6. The van der Waals surface area contributed by atoms with Gasteiger partial charge in [-0.15, -0.1) is 0 Å². The number of likely N-dealkylation sites (tertiary alicyclic amines) is 1. The minimum Gasteiger partial charge on any atom is -0.381 e. The molecule has 1 aliphatic heterocycles. The lowest BCUT2D eigenvalue weighted by Gasteiger charge is -2.30. The fourth-order valence-electron chi connectivity index (χ4n) is 2.13. The fraction of sp³-hybridized carbons (Fsp3) is 0.769. The van der Waals surface area contributed by atoms with Gasteiger partial charge in [0.25, 0.3) is 0 Å². The van der Waals surface area contributed by atoms with Crippen molar-refractivity contribution in [3.63, 3.8) is 0 Å². The van der Waals surface area contributed by atoms with E-state index in [9.17, 15) is 19.5 Å². The van der Waals surface area contributed by atoms with Crippen LogP contribution < -0.4 is 11.1 Å². The highest BCUT2D eigenvalue weighted by Crippen LogP contribution is 2.25. The van der Waals surface area contributed by atoms with Crippen LogP contribution in [-0.2, 0) is 14.4 Å². The largest absolute Gasteiger partial charge is 0.381 e. The molecule has 114 valence electrons. The first kappa shape index (κ1) is 16.4. The van der Waals surface area contributed by atoms with Crippen molar-refractivity contribution in [1.29, 1.82) is 0 Å². The van der Waals surface area contributed by atoms with Crippen LogP contribution in [0.1, 0.15) is 33.6 Å². The molecular formula is C13H23N3O4. The topological polar surface area (TPSA) is 113 Å². The molecule has 4 N–H and O–H groups in total. The van der Waals surface area contributed by atoms with Crippen molar-refractivity contribution in [3.05, 3.63) is 0 Å². The number of aliphatic hydroxyl groups is 1. The Morgan fingerprint density at radius 3 is 2.50 bits per heavy atom. The molecule has 20 heavy (non-hydrogen) atoms. The Kier molecular flexibility index (Phi) is 5.10. The molecule has 0 aromatic rings. The summed E-state index contributed by atoms with van der Waals surface area (Å²) in [6.45, 7) is 5.73. The van der Waals surface area contributed by atoms with E-state index in [0.717, 1.165) is 6.42 Å². The molecule has 7 heteroatoms. The number of nitrogens with zero attached hydrogens (tertiary/aromatic N) is 1. The molecular weight excluding hydrogens is 262 g/mol. The Labute approximate surface area is 118 Å². The predicted molar refractivity (Wildman–Crippen MR) is 72.4 cm³/mol. The zero-order valence-electron chi connectivity index (χ0n) is 12.2. The molecule has 0 saturated carbocycles. The van der Waals surface area contributed by atoms with Crippen molar-refractivity contribution in [2.75, 3.05) is 13.1 Å². The van der Waals surface area contributed by atoms with Gasteiger partial charge in [-0.1, -0.05) is 20.8 Å². The van der Waals surface area contributed by atoms with Crippen molar-refractivity contribution in [2.45, 2.75) is 45.8 Å². The third kappa shape index (κ3) is 3.93. The first-order chi connectivity index (χ1) is 9.14.